The van der Waals surface area contributed by atoms with Crippen molar-refractivity contribution in [3.8, 4) is 22.6 Å². The molecule has 0 saturated carbocycles. The van der Waals surface area contributed by atoms with Crippen LogP contribution in [0.15, 0.2) is 72.8 Å². The van der Waals surface area contributed by atoms with Crippen molar-refractivity contribution < 1.29 is 33.3 Å². The molecule has 0 N–H and O–H groups in total. The van der Waals surface area contributed by atoms with Gasteiger partial charge in [-0.15, -0.1) is 0 Å². The molecule has 2 atom stereocenters. The Bertz CT molecular complexity index is 1190. The number of ether oxygens (including phenoxy) is 5. The molecule has 0 aliphatic carbocycles. The van der Waals surface area contributed by atoms with E-state index >= 15 is 0 Å². The Hall–Kier alpha value is -3.68. The van der Waals surface area contributed by atoms with Crippen molar-refractivity contribution in [3.05, 3.63) is 83.9 Å². The quantitative estimate of drug-likeness (QED) is 0.0961. The first-order valence-electron chi connectivity index (χ1n) is 14.4. The third-order valence-corrected chi connectivity index (χ3v) is 6.69. The van der Waals surface area contributed by atoms with Crippen LogP contribution in [-0.2, 0) is 19.0 Å². The average Bonchev–Trinajstić information content (AvgIpc) is 3.00. The Labute approximate surface area is 243 Å². The first kappa shape index (κ1) is 31.8. The van der Waals surface area contributed by atoms with E-state index in [1.165, 1.54) is 0 Å². The minimum Gasteiger partial charge on any atom is -0.491 e. The van der Waals surface area contributed by atoms with E-state index in [1.807, 2.05) is 57.2 Å². The summed E-state index contributed by atoms with van der Waals surface area (Å²) in [6, 6.07) is 22.1. The summed E-state index contributed by atoms with van der Waals surface area (Å²) in [5.41, 5.74) is 3.27. The molecule has 0 fully saturated rings. The van der Waals surface area contributed by atoms with Gasteiger partial charge >= 0.3 is 11.9 Å². The third-order valence-electron chi connectivity index (χ3n) is 6.69. The average molecular weight is 563 g/mol. The van der Waals surface area contributed by atoms with Gasteiger partial charge in [0, 0.05) is 6.61 Å². The molecule has 3 aromatic carbocycles. The highest BCUT2D eigenvalue weighted by atomic mass is 16.6. The van der Waals surface area contributed by atoms with E-state index in [0.717, 1.165) is 48.3 Å². The van der Waals surface area contributed by atoms with Gasteiger partial charge in [0.1, 0.15) is 24.2 Å². The van der Waals surface area contributed by atoms with Crippen LogP contribution in [0.1, 0.15) is 69.0 Å². The maximum atomic E-state index is 12.7. The van der Waals surface area contributed by atoms with Crippen LogP contribution >= 0.6 is 0 Å². The van der Waals surface area contributed by atoms with Gasteiger partial charge in [-0.05, 0) is 72.9 Å². The lowest BCUT2D eigenvalue weighted by atomic mass is 10.0. The Morgan fingerprint density at radius 3 is 1.85 bits per heavy atom. The number of carbonyl (C=O) groups is 2. The van der Waals surface area contributed by atoms with Gasteiger partial charge < -0.3 is 23.7 Å². The molecule has 0 aromatic heterocycles. The molecule has 0 aliphatic rings. The van der Waals surface area contributed by atoms with E-state index in [9.17, 15) is 9.59 Å². The number of benzene rings is 3. The predicted octanol–water partition coefficient (Wildman–Crippen LogP) is 7.44. The van der Waals surface area contributed by atoms with E-state index in [1.54, 1.807) is 36.4 Å². The van der Waals surface area contributed by atoms with Gasteiger partial charge in [0.2, 0.25) is 0 Å². The molecule has 0 amide bonds. The summed E-state index contributed by atoms with van der Waals surface area (Å²) >= 11 is 0. The fraction of sp³-hybridized carbons (Fsp3) is 0.412. The third kappa shape index (κ3) is 10.7. The van der Waals surface area contributed by atoms with Crippen LogP contribution in [0.5, 0.6) is 11.5 Å². The Balaban J connectivity index is 1.43. The number of hydrogen-bond donors (Lipinski definition) is 0. The van der Waals surface area contributed by atoms with Gasteiger partial charge in [-0.1, -0.05) is 63.6 Å². The summed E-state index contributed by atoms with van der Waals surface area (Å²) in [6.07, 6.45) is 2.56. The van der Waals surface area contributed by atoms with Crippen LogP contribution in [0, 0.1) is 5.92 Å². The van der Waals surface area contributed by atoms with Crippen molar-refractivity contribution in [1.82, 2.24) is 0 Å². The Morgan fingerprint density at radius 1 is 0.683 bits per heavy atom. The maximum Gasteiger partial charge on any atom is 0.343 e. The zero-order chi connectivity index (χ0) is 29.5. The Kier molecular flexibility index (Phi) is 13.4. The number of hydrogen-bond acceptors (Lipinski definition) is 7. The molecule has 7 heteroatoms. The molecule has 0 saturated heterocycles. The Morgan fingerprint density at radius 2 is 1.24 bits per heavy atom. The molecule has 1 unspecified atom stereocenters. The number of carbonyl (C=O) groups excluding carboxylic acids is 2. The van der Waals surface area contributed by atoms with E-state index in [4.69, 9.17) is 23.7 Å². The summed E-state index contributed by atoms with van der Waals surface area (Å²) in [5, 5.41) is 0. The summed E-state index contributed by atoms with van der Waals surface area (Å²) in [7, 11) is 0. The molecule has 3 aromatic rings. The van der Waals surface area contributed by atoms with Crippen LogP contribution in [0.2, 0.25) is 0 Å². The molecule has 0 heterocycles. The van der Waals surface area contributed by atoms with Crippen molar-refractivity contribution in [2.45, 2.75) is 53.1 Å². The zero-order valence-corrected chi connectivity index (χ0v) is 24.6. The van der Waals surface area contributed by atoms with Crippen LogP contribution in [0.3, 0.4) is 0 Å². The highest BCUT2D eigenvalue weighted by Gasteiger charge is 2.17. The molecule has 220 valence electrons. The molecular weight excluding hydrogens is 520 g/mol. The molecule has 41 heavy (non-hydrogen) atoms. The second-order valence-corrected chi connectivity index (χ2v) is 9.88. The van der Waals surface area contributed by atoms with Gasteiger partial charge in [0.25, 0.3) is 0 Å². The lowest BCUT2D eigenvalue weighted by Crippen LogP contribution is -2.16. The first-order valence-corrected chi connectivity index (χ1v) is 14.4. The summed E-state index contributed by atoms with van der Waals surface area (Å²) in [5.74, 6) is 0.386. The number of unbranched alkanes of at least 4 members (excludes halogenated alkanes) is 1. The van der Waals surface area contributed by atoms with E-state index in [0.29, 0.717) is 37.7 Å². The van der Waals surface area contributed by atoms with Gasteiger partial charge in [0.15, 0.2) is 0 Å². The van der Waals surface area contributed by atoms with E-state index in [-0.39, 0.29) is 18.0 Å². The van der Waals surface area contributed by atoms with Gasteiger partial charge in [-0.25, -0.2) is 4.79 Å². The fourth-order valence-corrected chi connectivity index (χ4v) is 3.83. The highest BCUT2D eigenvalue weighted by molar-refractivity contribution is 5.91. The topological polar surface area (TPSA) is 80.3 Å². The van der Waals surface area contributed by atoms with Gasteiger partial charge in [-0.2, -0.15) is 0 Å². The van der Waals surface area contributed by atoms with Crippen molar-refractivity contribution in [2.24, 2.45) is 5.92 Å². The van der Waals surface area contributed by atoms with Crippen LogP contribution in [0.25, 0.3) is 11.1 Å². The van der Waals surface area contributed by atoms with Crippen LogP contribution in [0.4, 0.5) is 0 Å². The first-order chi connectivity index (χ1) is 19.9. The lowest BCUT2D eigenvalue weighted by molar-refractivity contribution is -0.153. The normalized spacial score (nSPS) is 12.4. The van der Waals surface area contributed by atoms with Crippen molar-refractivity contribution >= 4 is 11.9 Å². The van der Waals surface area contributed by atoms with E-state index in [2.05, 4.69) is 6.92 Å². The van der Waals surface area contributed by atoms with Crippen LogP contribution < -0.4 is 9.47 Å². The van der Waals surface area contributed by atoms with Crippen molar-refractivity contribution in [1.29, 1.82) is 0 Å². The molecule has 0 bridgehead atoms. The predicted molar refractivity (Wildman–Crippen MR) is 159 cm³/mol. The van der Waals surface area contributed by atoms with E-state index < -0.39 is 5.97 Å². The summed E-state index contributed by atoms with van der Waals surface area (Å²) in [4.78, 5) is 24.7. The smallest absolute Gasteiger partial charge is 0.343 e. The second-order valence-electron chi connectivity index (χ2n) is 9.88. The molecule has 3 rings (SSSR count). The maximum absolute atomic E-state index is 12.7. The standard InChI is InChI=1S/C34H42O7/c1-5-7-20-37-21-22-38-23-24-39-31-16-14-29(15-17-31)28-8-10-30(11-9-28)34(36)41-32-18-12-27(13-19-32)26(4)40-33(35)25(3)6-2/h8-19,25-26H,5-7,20-24H2,1-4H3/t25-,26?/m0/s1. The largest absolute Gasteiger partial charge is 0.491 e. The van der Waals surface area contributed by atoms with Gasteiger partial charge in [0.05, 0.1) is 31.3 Å². The minimum absolute atomic E-state index is 0.140. The van der Waals surface area contributed by atoms with Gasteiger partial charge in [-0.3, -0.25) is 4.79 Å². The highest BCUT2D eigenvalue weighted by Crippen LogP contribution is 2.25. The molecular formula is C34H42O7. The van der Waals surface area contributed by atoms with Crippen molar-refractivity contribution in [3.63, 3.8) is 0 Å². The monoisotopic (exact) mass is 562 g/mol. The SMILES string of the molecule is CCCCOCCOCCOc1ccc(-c2ccc(C(=O)Oc3ccc(C(C)OC(=O)[C@@H](C)CC)cc3)cc2)cc1. The fourth-order valence-electron chi connectivity index (χ4n) is 3.83. The minimum atomic E-state index is -0.445. The summed E-state index contributed by atoms with van der Waals surface area (Å²) in [6.45, 7) is 10.7. The zero-order valence-electron chi connectivity index (χ0n) is 24.6. The van der Waals surface area contributed by atoms with Crippen LogP contribution in [-0.4, -0.2) is 45.0 Å². The molecule has 0 spiro atoms. The van der Waals surface area contributed by atoms with Crippen molar-refractivity contribution in [2.75, 3.05) is 33.0 Å². The summed E-state index contributed by atoms with van der Waals surface area (Å²) < 4.78 is 27.8. The lowest BCUT2D eigenvalue weighted by Gasteiger charge is -2.16. The molecule has 0 radical (unpaired) electrons. The number of esters is 2. The number of rotatable bonds is 17. The molecule has 0 aliphatic heterocycles. The molecule has 7 nitrogen and oxygen atoms in total. The second kappa shape index (κ2) is 17.2.